The van der Waals surface area contributed by atoms with E-state index in [0.717, 1.165) is 0 Å². The molecule has 0 aliphatic carbocycles. The lowest BCUT2D eigenvalue weighted by Gasteiger charge is -2.27. The Bertz CT molecular complexity index is 459. The van der Waals surface area contributed by atoms with Gasteiger partial charge in [0.15, 0.2) is 0 Å². The largest absolute Gasteiger partial charge is 0.480 e. The zero-order chi connectivity index (χ0) is 14.6. The van der Waals surface area contributed by atoms with Gasteiger partial charge in [-0.2, -0.15) is 0 Å². The molecule has 0 spiro atoms. The van der Waals surface area contributed by atoms with Gasteiger partial charge in [-0.3, -0.25) is 4.79 Å². The molecular formula is C14H19NO4. The highest BCUT2D eigenvalue weighted by atomic mass is 16.4. The van der Waals surface area contributed by atoms with Gasteiger partial charge in [-0.25, -0.2) is 4.79 Å². The standard InChI is InChI=1S/C14H19NO4/c1-14(2,3)11(13(18)19)15-12(17)10-6-4-9(8-16)5-7-10/h4-7,11,16H,8H2,1-3H3,(H,15,17)(H,18,19)/t11-/m0/s1. The van der Waals surface area contributed by atoms with Crippen LogP contribution in [0.2, 0.25) is 0 Å². The number of aliphatic carboxylic acids is 1. The van der Waals surface area contributed by atoms with Gasteiger partial charge in [-0.15, -0.1) is 0 Å². The fourth-order valence-corrected chi connectivity index (χ4v) is 1.62. The molecule has 104 valence electrons. The highest BCUT2D eigenvalue weighted by molar-refractivity contribution is 5.96. The van der Waals surface area contributed by atoms with Gasteiger partial charge in [-0.1, -0.05) is 32.9 Å². The summed E-state index contributed by atoms with van der Waals surface area (Å²) < 4.78 is 0. The summed E-state index contributed by atoms with van der Waals surface area (Å²) in [5.41, 5.74) is 0.488. The Morgan fingerprint density at radius 3 is 2.11 bits per heavy atom. The van der Waals surface area contributed by atoms with Gasteiger partial charge in [0.25, 0.3) is 5.91 Å². The van der Waals surface area contributed by atoms with Crippen LogP contribution in [0.5, 0.6) is 0 Å². The van der Waals surface area contributed by atoms with E-state index in [9.17, 15) is 9.59 Å². The van der Waals surface area contributed by atoms with E-state index < -0.39 is 23.3 Å². The molecule has 0 saturated carbocycles. The first-order valence-electron chi connectivity index (χ1n) is 5.99. The minimum atomic E-state index is -1.06. The second-order valence-corrected chi connectivity index (χ2v) is 5.47. The van der Waals surface area contributed by atoms with E-state index in [1.807, 2.05) is 0 Å². The third-order valence-corrected chi connectivity index (χ3v) is 2.79. The van der Waals surface area contributed by atoms with Crippen molar-refractivity contribution in [1.82, 2.24) is 5.32 Å². The first kappa shape index (κ1) is 15.2. The first-order valence-corrected chi connectivity index (χ1v) is 5.99. The number of amides is 1. The molecule has 0 aliphatic rings. The maximum atomic E-state index is 12.0. The molecule has 1 aromatic carbocycles. The van der Waals surface area contributed by atoms with E-state index in [0.29, 0.717) is 11.1 Å². The van der Waals surface area contributed by atoms with Gasteiger partial charge in [0.1, 0.15) is 6.04 Å². The SMILES string of the molecule is CC(C)(C)[C@@H](NC(=O)c1ccc(CO)cc1)C(=O)O. The fraction of sp³-hybridized carbons (Fsp3) is 0.429. The zero-order valence-corrected chi connectivity index (χ0v) is 11.3. The Balaban J connectivity index is 2.85. The minimum Gasteiger partial charge on any atom is -0.480 e. The maximum Gasteiger partial charge on any atom is 0.326 e. The number of carbonyl (C=O) groups excluding carboxylic acids is 1. The van der Waals surface area contributed by atoms with Gasteiger partial charge in [-0.05, 0) is 23.1 Å². The Morgan fingerprint density at radius 1 is 1.21 bits per heavy atom. The maximum absolute atomic E-state index is 12.0. The molecule has 0 saturated heterocycles. The lowest BCUT2D eigenvalue weighted by molar-refractivity contribution is -0.142. The normalized spacial score (nSPS) is 12.8. The fourth-order valence-electron chi connectivity index (χ4n) is 1.62. The van der Waals surface area contributed by atoms with Gasteiger partial charge < -0.3 is 15.5 Å². The van der Waals surface area contributed by atoms with E-state index in [1.165, 1.54) is 0 Å². The van der Waals surface area contributed by atoms with E-state index in [1.54, 1.807) is 45.0 Å². The van der Waals surface area contributed by atoms with Crippen molar-refractivity contribution in [3.05, 3.63) is 35.4 Å². The average molecular weight is 265 g/mol. The number of carboxylic acids is 1. The van der Waals surface area contributed by atoms with Crippen molar-refractivity contribution in [3.8, 4) is 0 Å². The molecular weight excluding hydrogens is 246 g/mol. The van der Waals surface area contributed by atoms with Crippen LogP contribution in [0.3, 0.4) is 0 Å². The Morgan fingerprint density at radius 2 is 1.74 bits per heavy atom. The van der Waals surface area contributed by atoms with E-state index in [2.05, 4.69) is 5.32 Å². The number of hydrogen-bond donors (Lipinski definition) is 3. The summed E-state index contributed by atoms with van der Waals surface area (Å²) in [5, 5.41) is 20.6. The van der Waals surface area contributed by atoms with Crippen molar-refractivity contribution < 1.29 is 19.8 Å². The molecule has 1 atom stereocenters. The number of benzene rings is 1. The van der Waals surface area contributed by atoms with Gasteiger partial charge >= 0.3 is 5.97 Å². The van der Waals surface area contributed by atoms with E-state index >= 15 is 0 Å². The van der Waals surface area contributed by atoms with Crippen molar-refractivity contribution in [3.63, 3.8) is 0 Å². The Hall–Kier alpha value is -1.88. The summed E-state index contributed by atoms with van der Waals surface area (Å²) >= 11 is 0. The summed E-state index contributed by atoms with van der Waals surface area (Å²) in [7, 11) is 0. The monoisotopic (exact) mass is 265 g/mol. The van der Waals surface area contributed by atoms with Crippen LogP contribution >= 0.6 is 0 Å². The van der Waals surface area contributed by atoms with Crippen LogP contribution in [-0.2, 0) is 11.4 Å². The number of hydrogen-bond acceptors (Lipinski definition) is 3. The number of carboxylic acid groups (broad SMARTS) is 1. The van der Waals surface area contributed by atoms with Crippen molar-refractivity contribution in [2.45, 2.75) is 33.4 Å². The Kier molecular flexibility index (Phi) is 4.67. The van der Waals surface area contributed by atoms with Crippen molar-refractivity contribution >= 4 is 11.9 Å². The minimum absolute atomic E-state index is 0.0956. The number of nitrogens with one attached hydrogen (secondary N) is 1. The topological polar surface area (TPSA) is 86.6 Å². The van der Waals surface area contributed by atoms with Crippen molar-refractivity contribution in [1.29, 1.82) is 0 Å². The lowest BCUT2D eigenvalue weighted by Crippen LogP contribution is -2.49. The second-order valence-electron chi connectivity index (χ2n) is 5.47. The smallest absolute Gasteiger partial charge is 0.326 e. The van der Waals surface area contributed by atoms with Crippen LogP contribution in [0.15, 0.2) is 24.3 Å². The average Bonchev–Trinajstić information content (AvgIpc) is 2.34. The molecule has 1 amide bonds. The molecule has 5 heteroatoms. The zero-order valence-electron chi connectivity index (χ0n) is 11.3. The van der Waals surface area contributed by atoms with Gasteiger partial charge in [0.05, 0.1) is 6.61 Å². The molecule has 1 aromatic rings. The third kappa shape index (κ3) is 4.06. The van der Waals surface area contributed by atoms with Gasteiger partial charge in [0.2, 0.25) is 0 Å². The lowest BCUT2D eigenvalue weighted by atomic mass is 9.86. The summed E-state index contributed by atoms with van der Waals surface area (Å²) in [6.45, 7) is 5.16. The molecule has 0 radical (unpaired) electrons. The third-order valence-electron chi connectivity index (χ3n) is 2.79. The molecule has 1 rings (SSSR count). The molecule has 19 heavy (non-hydrogen) atoms. The predicted molar refractivity (Wildman–Crippen MR) is 70.7 cm³/mol. The molecule has 3 N–H and O–H groups in total. The number of carbonyl (C=O) groups is 2. The molecule has 0 bridgehead atoms. The van der Waals surface area contributed by atoms with Crippen LogP contribution in [-0.4, -0.2) is 28.1 Å². The van der Waals surface area contributed by atoms with Crippen LogP contribution in [0.25, 0.3) is 0 Å². The predicted octanol–water partition coefficient (Wildman–Crippen LogP) is 1.41. The van der Waals surface area contributed by atoms with Crippen LogP contribution in [0.4, 0.5) is 0 Å². The molecule has 5 nitrogen and oxygen atoms in total. The summed E-state index contributed by atoms with van der Waals surface area (Å²) in [6.07, 6.45) is 0. The summed E-state index contributed by atoms with van der Waals surface area (Å²) in [4.78, 5) is 23.1. The molecule has 0 aliphatic heterocycles. The summed E-state index contributed by atoms with van der Waals surface area (Å²) in [6, 6.07) is 5.41. The van der Waals surface area contributed by atoms with Crippen LogP contribution < -0.4 is 5.32 Å². The van der Waals surface area contributed by atoms with Crippen LogP contribution in [0.1, 0.15) is 36.7 Å². The van der Waals surface area contributed by atoms with Crippen LogP contribution in [0, 0.1) is 5.41 Å². The molecule has 0 heterocycles. The second kappa shape index (κ2) is 5.84. The number of aliphatic hydroxyl groups is 1. The van der Waals surface area contributed by atoms with Crippen molar-refractivity contribution in [2.75, 3.05) is 0 Å². The van der Waals surface area contributed by atoms with Crippen molar-refractivity contribution in [2.24, 2.45) is 5.41 Å². The molecule has 0 aromatic heterocycles. The molecule has 0 fully saturated rings. The van der Waals surface area contributed by atoms with E-state index in [-0.39, 0.29) is 6.61 Å². The summed E-state index contributed by atoms with van der Waals surface area (Å²) in [5.74, 6) is -1.50. The quantitative estimate of drug-likeness (QED) is 0.768. The number of rotatable bonds is 4. The Labute approximate surface area is 112 Å². The number of aliphatic hydroxyl groups excluding tert-OH is 1. The highest BCUT2D eigenvalue weighted by Crippen LogP contribution is 2.20. The first-order chi connectivity index (χ1) is 8.75. The van der Waals surface area contributed by atoms with Gasteiger partial charge in [0, 0.05) is 5.56 Å². The molecule has 0 unspecified atom stereocenters. The highest BCUT2D eigenvalue weighted by Gasteiger charge is 2.32. The van der Waals surface area contributed by atoms with E-state index in [4.69, 9.17) is 10.2 Å².